The predicted molar refractivity (Wildman–Crippen MR) is 117 cm³/mol. The summed E-state index contributed by atoms with van der Waals surface area (Å²) in [7, 11) is 0. The molecule has 4 rings (SSSR count). The Kier molecular flexibility index (Phi) is 5.29. The lowest BCUT2D eigenvalue weighted by Crippen LogP contribution is -2.07. The van der Waals surface area contributed by atoms with Crippen molar-refractivity contribution in [1.29, 1.82) is 0 Å². The summed E-state index contributed by atoms with van der Waals surface area (Å²) in [6, 6.07) is 23.5. The van der Waals surface area contributed by atoms with Crippen molar-refractivity contribution in [3.8, 4) is 11.1 Å². The van der Waals surface area contributed by atoms with Gasteiger partial charge in [-0.2, -0.15) is 0 Å². The lowest BCUT2D eigenvalue weighted by Gasteiger charge is -2.12. The standard InChI is InChI=1S/C26H27NO/c1-18-12-15-24(19(2)16-18)26(22-13-14-22)27-28-17-23-10-7-11-25(20(23)3)21-8-5-4-6-9-21/h4-12,15-16,22H,13-14,17H2,1-3H3/b27-26+. The van der Waals surface area contributed by atoms with E-state index in [4.69, 9.17) is 4.84 Å². The van der Waals surface area contributed by atoms with E-state index in [9.17, 15) is 0 Å². The van der Waals surface area contributed by atoms with Crippen LogP contribution >= 0.6 is 0 Å². The number of aryl methyl sites for hydroxylation is 2. The summed E-state index contributed by atoms with van der Waals surface area (Å²) in [6.45, 7) is 6.95. The van der Waals surface area contributed by atoms with Crippen LogP contribution in [0.4, 0.5) is 0 Å². The van der Waals surface area contributed by atoms with Crippen LogP contribution in [0.2, 0.25) is 0 Å². The topological polar surface area (TPSA) is 21.6 Å². The summed E-state index contributed by atoms with van der Waals surface area (Å²) in [5.74, 6) is 0.540. The Morgan fingerprint density at radius 3 is 2.43 bits per heavy atom. The number of oxime groups is 1. The summed E-state index contributed by atoms with van der Waals surface area (Å²) in [4.78, 5) is 5.88. The van der Waals surface area contributed by atoms with Gasteiger partial charge in [-0.1, -0.05) is 77.4 Å². The first kappa shape index (κ1) is 18.5. The van der Waals surface area contributed by atoms with Crippen molar-refractivity contribution >= 4 is 5.71 Å². The zero-order chi connectivity index (χ0) is 19.5. The third-order valence-electron chi connectivity index (χ3n) is 5.54. The van der Waals surface area contributed by atoms with Gasteiger partial charge in [0, 0.05) is 11.5 Å². The average Bonchev–Trinajstić information content (AvgIpc) is 3.53. The summed E-state index contributed by atoms with van der Waals surface area (Å²) >= 11 is 0. The maximum atomic E-state index is 5.88. The third kappa shape index (κ3) is 4.01. The van der Waals surface area contributed by atoms with E-state index in [1.54, 1.807) is 0 Å². The molecule has 0 spiro atoms. The van der Waals surface area contributed by atoms with Gasteiger partial charge in [-0.25, -0.2) is 0 Å². The molecule has 142 valence electrons. The van der Waals surface area contributed by atoms with Crippen LogP contribution in [-0.4, -0.2) is 5.71 Å². The zero-order valence-electron chi connectivity index (χ0n) is 16.9. The van der Waals surface area contributed by atoms with Gasteiger partial charge >= 0.3 is 0 Å². The van der Waals surface area contributed by atoms with Crippen LogP contribution in [0.3, 0.4) is 0 Å². The van der Waals surface area contributed by atoms with Gasteiger partial charge in [0.05, 0.1) is 5.71 Å². The molecule has 0 radical (unpaired) electrons. The molecule has 3 aromatic carbocycles. The molecule has 2 heteroatoms. The second-order valence-corrected chi connectivity index (χ2v) is 7.80. The Labute approximate surface area is 167 Å². The highest BCUT2D eigenvalue weighted by atomic mass is 16.6. The van der Waals surface area contributed by atoms with Crippen LogP contribution in [0.1, 0.15) is 40.7 Å². The zero-order valence-corrected chi connectivity index (χ0v) is 16.9. The molecule has 0 N–H and O–H groups in total. The molecule has 1 aliphatic rings. The fraction of sp³-hybridized carbons (Fsp3) is 0.269. The van der Waals surface area contributed by atoms with E-state index in [1.165, 1.54) is 51.8 Å². The molecule has 1 fully saturated rings. The monoisotopic (exact) mass is 369 g/mol. The molecular weight excluding hydrogens is 342 g/mol. The normalized spacial score (nSPS) is 14.2. The number of hydrogen-bond acceptors (Lipinski definition) is 2. The maximum Gasteiger partial charge on any atom is 0.142 e. The first-order chi connectivity index (χ1) is 13.6. The lowest BCUT2D eigenvalue weighted by molar-refractivity contribution is 0.129. The van der Waals surface area contributed by atoms with Gasteiger partial charge in [-0.15, -0.1) is 0 Å². The van der Waals surface area contributed by atoms with Crippen molar-refractivity contribution in [2.45, 2.75) is 40.2 Å². The number of hydrogen-bond donors (Lipinski definition) is 0. The van der Waals surface area contributed by atoms with Gasteiger partial charge in [0.15, 0.2) is 0 Å². The molecule has 2 nitrogen and oxygen atoms in total. The predicted octanol–water partition coefficient (Wildman–Crippen LogP) is 6.61. The van der Waals surface area contributed by atoms with E-state index in [-0.39, 0.29) is 0 Å². The first-order valence-corrected chi connectivity index (χ1v) is 10.0. The largest absolute Gasteiger partial charge is 0.391 e. The van der Waals surface area contributed by atoms with Crippen LogP contribution < -0.4 is 0 Å². The van der Waals surface area contributed by atoms with Crippen molar-refractivity contribution in [3.63, 3.8) is 0 Å². The summed E-state index contributed by atoms with van der Waals surface area (Å²) < 4.78 is 0. The van der Waals surface area contributed by atoms with Crippen LogP contribution in [0.25, 0.3) is 11.1 Å². The Balaban J connectivity index is 1.55. The molecular formula is C26H27NO. The third-order valence-corrected chi connectivity index (χ3v) is 5.54. The number of benzene rings is 3. The Morgan fingerprint density at radius 2 is 1.71 bits per heavy atom. The molecule has 0 amide bonds. The van der Waals surface area contributed by atoms with Gasteiger partial charge in [0.1, 0.15) is 6.61 Å². The highest BCUT2D eigenvalue weighted by Crippen LogP contribution is 2.34. The molecule has 0 unspecified atom stereocenters. The van der Waals surface area contributed by atoms with E-state index in [0.717, 1.165) is 5.71 Å². The lowest BCUT2D eigenvalue weighted by atomic mass is 9.97. The van der Waals surface area contributed by atoms with Gasteiger partial charge < -0.3 is 4.84 Å². The molecule has 0 atom stereocenters. The Hall–Kier alpha value is -2.87. The Bertz CT molecular complexity index is 1000. The number of nitrogens with zero attached hydrogens (tertiary/aromatic N) is 1. The molecule has 1 saturated carbocycles. The summed E-state index contributed by atoms with van der Waals surface area (Å²) in [6.07, 6.45) is 2.41. The van der Waals surface area contributed by atoms with Crippen molar-refractivity contribution < 1.29 is 4.84 Å². The second-order valence-electron chi connectivity index (χ2n) is 7.80. The molecule has 0 aliphatic heterocycles. The highest BCUT2D eigenvalue weighted by Gasteiger charge is 2.30. The molecule has 0 aromatic heterocycles. The molecule has 0 bridgehead atoms. The van der Waals surface area contributed by atoms with E-state index in [1.807, 2.05) is 6.07 Å². The van der Waals surface area contributed by atoms with Crippen LogP contribution in [0.15, 0.2) is 71.9 Å². The Morgan fingerprint density at radius 1 is 0.929 bits per heavy atom. The van der Waals surface area contributed by atoms with Crippen molar-refractivity contribution in [2.75, 3.05) is 0 Å². The number of rotatable bonds is 6. The summed E-state index contributed by atoms with van der Waals surface area (Å²) in [5, 5.41) is 4.60. The molecule has 0 saturated heterocycles. The van der Waals surface area contributed by atoms with Crippen LogP contribution in [0, 0.1) is 26.7 Å². The van der Waals surface area contributed by atoms with E-state index >= 15 is 0 Å². The maximum absolute atomic E-state index is 5.88. The first-order valence-electron chi connectivity index (χ1n) is 10.0. The van der Waals surface area contributed by atoms with Gasteiger partial charge in [-0.05, 0) is 61.4 Å². The summed E-state index contributed by atoms with van der Waals surface area (Å²) in [5.41, 5.74) is 9.81. The SMILES string of the molecule is Cc1ccc(/C(=N/OCc2cccc(-c3ccccc3)c2C)C2CC2)c(C)c1. The fourth-order valence-electron chi connectivity index (χ4n) is 3.74. The van der Waals surface area contributed by atoms with E-state index in [2.05, 4.69) is 86.6 Å². The molecule has 1 aliphatic carbocycles. The minimum atomic E-state index is 0.494. The van der Waals surface area contributed by atoms with Crippen molar-refractivity contribution in [1.82, 2.24) is 0 Å². The molecule has 28 heavy (non-hydrogen) atoms. The fourth-order valence-corrected chi connectivity index (χ4v) is 3.74. The van der Waals surface area contributed by atoms with E-state index in [0.29, 0.717) is 12.5 Å². The van der Waals surface area contributed by atoms with Crippen LogP contribution in [0.5, 0.6) is 0 Å². The minimum Gasteiger partial charge on any atom is -0.391 e. The average molecular weight is 370 g/mol. The molecule has 0 heterocycles. The van der Waals surface area contributed by atoms with E-state index < -0.39 is 0 Å². The van der Waals surface area contributed by atoms with Gasteiger partial charge in [0.25, 0.3) is 0 Å². The van der Waals surface area contributed by atoms with Crippen LogP contribution in [-0.2, 0) is 11.4 Å². The van der Waals surface area contributed by atoms with Crippen molar-refractivity contribution in [2.24, 2.45) is 11.1 Å². The quantitative estimate of drug-likeness (QED) is 0.354. The highest BCUT2D eigenvalue weighted by molar-refractivity contribution is 6.04. The second kappa shape index (κ2) is 8.02. The molecule has 3 aromatic rings. The van der Waals surface area contributed by atoms with Gasteiger partial charge in [0.2, 0.25) is 0 Å². The minimum absolute atomic E-state index is 0.494. The van der Waals surface area contributed by atoms with Gasteiger partial charge in [-0.3, -0.25) is 0 Å². The smallest absolute Gasteiger partial charge is 0.142 e. The van der Waals surface area contributed by atoms with Crippen molar-refractivity contribution in [3.05, 3.63) is 94.5 Å².